The van der Waals surface area contributed by atoms with E-state index < -0.39 is 38.1 Å². The summed E-state index contributed by atoms with van der Waals surface area (Å²) in [4.78, 5) is 21.6. The molecule has 0 atom stereocenters. The van der Waals surface area contributed by atoms with Gasteiger partial charge in [0.2, 0.25) is 0 Å². The Morgan fingerprint density at radius 2 is 1.71 bits per heavy atom. The van der Waals surface area contributed by atoms with Gasteiger partial charge in [-0.3, -0.25) is 4.55 Å². The van der Waals surface area contributed by atoms with Crippen LogP contribution in [0.2, 0.25) is 0 Å². The summed E-state index contributed by atoms with van der Waals surface area (Å²) in [6, 6.07) is 4.61. The van der Waals surface area contributed by atoms with Gasteiger partial charge in [-0.25, -0.2) is 9.59 Å². The summed E-state index contributed by atoms with van der Waals surface area (Å²) in [5.74, 6) is -3.14. The molecular weight excluding hydrogens is 302 g/mol. The Hall–Kier alpha value is -2.65. The van der Waals surface area contributed by atoms with Gasteiger partial charge < -0.3 is 15.9 Å². The van der Waals surface area contributed by atoms with Gasteiger partial charge >= 0.3 is 11.9 Å². The zero-order valence-corrected chi connectivity index (χ0v) is 11.1. The molecule has 0 saturated heterocycles. The number of anilines is 1. The van der Waals surface area contributed by atoms with E-state index in [9.17, 15) is 23.1 Å². The second kappa shape index (κ2) is 4.72. The summed E-state index contributed by atoms with van der Waals surface area (Å²) in [6.45, 7) is 0. The first kappa shape index (κ1) is 14.8. The number of nitrogens with two attached hydrogens (primary N) is 1. The molecule has 0 saturated carbocycles. The number of carboxylic acid groups (broad SMARTS) is 2. The summed E-state index contributed by atoms with van der Waals surface area (Å²) in [5, 5.41) is 18.1. The molecule has 0 aliphatic heterocycles. The Balaban J connectivity index is 3.18. The van der Waals surface area contributed by atoms with Crippen LogP contribution in [0.4, 0.5) is 5.69 Å². The van der Waals surface area contributed by atoms with Crippen LogP contribution < -0.4 is 5.73 Å². The Morgan fingerprint density at radius 1 is 1.10 bits per heavy atom. The van der Waals surface area contributed by atoms with E-state index >= 15 is 0 Å². The van der Waals surface area contributed by atoms with Crippen molar-refractivity contribution >= 4 is 38.5 Å². The van der Waals surface area contributed by atoms with Gasteiger partial charge in [0.25, 0.3) is 10.1 Å². The molecule has 0 aromatic heterocycles. The molecule has 0 spiro atoms. The lowest BCUT2D eigenvalue weighted by Gasteiger charge is -2.12. The molecule has 21 heavy (non-hydrogen) atoms. The highest BCUT2D eigenvalue weighted by Crippen LogP contribution is 2.33. The van der Waals surface area contributed by atoms with E-state index in [1.807, 2.05) is 0 Å². The maximum atomic E-state index is 11.4. The SMILES string of the molecule is Nc1cc(S(=O)(=O)O)c(C(=O)O)c2c(C(=O)O)cccc12. The molecule has 9 heteroatoms. The van der Waals surface area contributed by atoms with E-state index in [1.54, 1.807) is 0 Å². The highest BCUT2D eigenvalue weighted by molar-refractivity contribution is 7.86. The Morgan fingerprint density at radius 3 is 2.19 bits per heavy atom. The van der Waals surface area contributed by atoms with Gasteiger partial charge in [0, 0.05) is 16.5 Å². The number of benzene rings is 2. The van der Waals surface area contributed by atoms with Crippen LogP contribution in [0.3, 0.4) is 0 Å². The molecule has 110 valence electrons. The number of carboxylic acids is 2. The monoisotopic (exact) mass is 311 g/mol. The Kier molecular flexibility index (Phi) is 3.32. The van der Waals surface area contributed by atoms with E-state index in [0.29, 0.717) is 0 Å². The van der Waals surface area contributed by atoms with E-state index in [-0.39, 0.29) is 16.5 Å². The fraction of sp³-hybridized carbons (Fsp3) is 0. The molecule has 5 N–H and O–H groups in total. The highest BCUT2D eigenvalue weighted by atomic mass is 32.2. The minimum absolute atomic E-state index is 0.0692. The maximum Gasteiger partial charge on any atom is 0.337 e. The summed E-state index contributed by atoms with van der Waals surface area (Å²) >= 11 is 0. The van der Waals surface area contributed by atoms with E-state index in [4.69, 9.17) is 15.4 Å². The second-order valence-corrected chi connectivity index (χ2v) is 5.54. The molecule has 0 aliphatic carbocycles. The lowest BCUT2D eigenvalue weighted by molar-refractivity contribution is 0.0693. The number of carbonyl (C=O) groups is 2. The lowest BCUT2D eigenvalue weighted by atomic mass is 9.98. The van der Waals surface area contributed by atoms with Crippen LogP contribution in [0, 0.1) is 0 Å². The lowest BCUT2D eigenvalue weighted by Crippen LogP contribution is -2.12. The van der Waals surface area contributed by atoms with Crippen LogP contribution in [0.25, 0.3) is 10.8 Å². The van der Waals surface area contributed by atoms with Gasteiger partial charge in [-0.1, -0.05) is 12.1 Å². The Labute approximate surface area is 118 Å². The summed E-state index contributed by atoms with van der Waals surface area (Å²) in [6.07, 6.45) is 0. The van der Waals surface area contributed by atoms with Crippen molar-refractivity contribution < 1.29 is 32.8 Å². The van der Waals surface area contributed by atoms with E-state index in [0.717, 1.165) is 12.1 Å². The minimum Gasteiger partial charge on any atom is -0.478 e. The fourth-order valence-electron chi connectivity index (χ4n) is 2.07. The maximum absolute atomic E-state index is 11.4. The third-order valence-corrected chi connectivity index (χ3v) is 3.76. The van der Waals surface area contributed by atoms with E-state index in [2.05, 4.69) is 0 Å². The molecule has 8 nitrogen and oxygen atoms in total. The standard InChI is InChI=1S/C12H9NO7S/c13-7-4-8(21(18,19)20)10(12(16)17)9-5(7)2-1-3-6(9)11(14)15/h1-4H,13H2,(H,14,15)(H,16,17)(H,18,19,20). The van der Waals surface area contributed by atoms with E-state index in [1.165, 1.54) is 12.1 Å². The number of fused-ring (bicyclic) bond motifs is 1. The first-order chi connectivity index (χ1) is 9.64. The second-order valence-electron chi connectivity index (χ2n) is 4.15. The average molecular weight is 311 g/mol. The zero-order valence-electron chi connectivity index (χ0n) is 10.3. The van der Waals surface area contributed by atoms with Crippen molar-refractivity contribution in [1.82, 2.24) is 0 Å². The van der Waals surface area contributed by atoms with Crippen LogP contribution in [-0.4, -0.2) is 35.1 Å². The molecule has 0 amide bonds. The predicted molar refractivity (Wildman–Crippen MR) is 72.1 cm³/mol. The van der Waals surface area contributed by atoms with Crippen molar-refractivity contribution in [2.24, 2.45) is 0 Å². The van der Waals surface area contributed by atoms with Gasteiger partial charge in [0.1, 0.15) is 4.90 Å². The molecule has 0 bridgehead atoms. The highest BCUT2D eigenvalue weighted by Gasteiger charge is 2.27. The number of hydrogen-bond acceptors (Lipinski definition) is 5. The first-order valence-electron chi connectivity index (χ1n) is 5.44. The molecule has 0 unspecified atom stereocenters. The van der Waals surface area contributed by atoms with Crippen molar-refractivity contribution in [3.05, 3.63) is 35.4 Å². The summed E-state index contributed by atoms with van der Waals surface area (Å²) < 4.78 is 31.8. The first-order valence-corrected chi connectivity index (χ1v) is 6.88. The van der Waals surface area contributed by atoms with Crippen LogP contribution in [0.15, 0.2) is 29.2 Å². The fourth-order valence-corrected chi connectivity index (χ4v) is 2.79. The third-order valence-electron chi connectivity index (χ3n) is 2.88. The van der Waals surface area contributed by atoms with Crippen LogP contribution in [0.1, 0.15) is 20.7 Å². The molecule has 2 aromatic carbocycles. The summed E-state index contributed by atoms with van der Waals surface area (Å²) in [7, 11) is -4.89. The van der Waals surface area contributed by atoms with Gasteiger partial charge in [-0.05, 0) is 12.1 Å². The molecule has 0 heterocycles. The van der Waals surface area contributed by atoms with Gasteiger partial charge in [0.05, 0.1) is 11.1 Å². The van der Waals surface area contributed by atoms with Crippen LogP contribution in [-0.2, 0) is 10.1 Å². The number of aromatic carboxylic acids is 2. The average Bonchev–Trinajstić information content (AvgIpc) is 2.36. The normalized spacial score (nSPS) is 11.5. The quantitative estimate of drug-likeness (QED) is 0.484. The van der Waals surface area contributed by atoms with Gasteiger partial charge in [0.15, 0.2) is 0 Å². The zero-order chi connectivity index (χ0) is 15.9. The van der Waals surface area contributed by atoms with Gasteiger partial charge in [-0.15, -0.1) is 0 Å². The van der Waals surface area contributed by atoms with Crippen LogP contribution in [0.5, 0.6) is 0 Å². The molecule has 0 aliphatic rings. The van der Waals surface area contributed by atoms with Crippen molar-refractivity contribution in [1.29, 1.82) is 0 Å². The van der Waals surface area contributed by atoms with Crippen molar-refractivity contribution in [3.8, 4) is 0 Å². The number of nitrogen functional groups attached to an aromatic ring is 1. The van der Waals surface area contributed by atoms with Crippen molar-refractivity contribution in [3.63, 3.8) is 0 Å². The number of hydrogen-bond donors (Lipinski definition) is 4. The molecule has 0 radical (unpaired) electrons. The Bertz CT molecular complexity index is 886. The van der Waals surface area contributed by atoms with Crippen molar-refractivity contribution in [2.45, 2.75) is 4.90 Å². The minimum atomic E-state index is -4.89. The predicted octanol–water partition coefficient (Wildman–Crippen LogP) is 1.07. The van der Waals surface area contributed by atoms with Gasteiger partial charge in [-0.2, -0.15) is 8.42 Å². The molecule has 2 aromatic rings. The summed E-state index contributed by atoms with van der Waals surface area (Å²) in [5.41, 5.74) is 4.21. The van der Waals surface area contributed by atoms with Crippen LogP contribution >= 0.6 is 0 Å². The molecule has 2 rings (SSSR count). The third kappa shape index (κ3) is 2.39. The smallest absolute Gasteiger partial charge is 0.337 e. The molecule has 0 fully saturated rings. The largest absolute Gasteiger partial charge is 0.478 e. The van der Waals surface area contributed by atoms with Crippen molar-refractivity contribution in [2.75, 3.05) is 5.73 Å². The molecular formula is C12H9NO7S. The topological polar surface area (TPSA) is 155 Å². The number of rotatable bonds is 3.